The Balaban J connectivity index is 2.84. The van der Waals surface area contributed by atoms with E-state index in [9.17, 15) is 9.50 Å². The van der Waals surface area contributed by atoms with Crippen molar-refractivity contribution in [3.63, 3.8) is 0 Å². The number of aliphatic hydroxyl groups is 1. The number of hydrogen-bond acceptors (Lipinski definition) is 3. The average Bonchev–Trinajstić information content (AvgIpc) is 2.27. The number of halogens is 1. The molecule has 4 heteroatoms. The van der Waals surface area contributed by atoms with E-state index in [1.807, 2.05) is 13.8 Å². The smallest absolute Gasteiger partial charge is 0.123 e. The Bertz CT molecular complexity index is 425. The highest BCUT2D eigenvalue weighted by molar-refractivity contribution is 5.39. The maximum atomic E-state index is 13.4. The molecule has 0 bridgehead atoms. The summed E-state index contributed by atoms with van der Waals surface area (Å²) in [6.07, 6.45) is 0. The highest BCUT2D eigenvalue weighted by Crippen LogP contribution is 2.31. The van der Waals surface area contributed by atoms with Crippen molar-refractivity contribution in [3.8, 4) is 5.75 Å². The van der Waals surface area contributed by atoms with Crippen LogP contribution in [0.15, 0.2) is 18.2 Å². The molecule has 0 aliphatic heterocycles. The third-order valence-corrected chi connectivity index (χ3v) is 3.02. The Morgan fingerprint density at radius 2 is 1.84 bits per heavy atom. The third kappa shape index (κ3) is 4.80. The van der Waals surface area contributed by atoms with Crippen molar-refractivity contribution in [1.29, 1.82) is 0 Å². The summed E-state index contributed by atoms with van der Waals surface area (Å²) in [7, 11) is 1.58. The maximum absolute atomic E-state index is 13.4. The van der Waals surface area contributed by atoms with Gasteiger partial charge in [-0.25, -0.2) is 4.39 Å². The van der Waals surface area contributed by atoms with Gasteiger partial charge in [-0.3, -0.25) is 0 Å². The molecule has 2 N–H and O–H groups in total. The molecule has 0 atom stereocenters. The molecule has 0 saturated heterocycles. The van der Waals surface area contributed by atoms with Gasteiger partial charge >= 0.3 is 0 Å². The van der Waals surface area contributed by atoms with Crippen LogP contribution in [0.1, 0.15) is 33.3 Å². The minimum absolute atomic E-state index is 0.272. The minimum Gasteiger partial charge on any atom is -0.496 e. The maximum Gasteiger partial charge on any atom is 0.123 e. The monoisotopic (exact) mass is 269 g/mol. The molecule has 1 aromatic rings. The first-order valence-electron chi connectivity index (χ1n) is 6.43. The first kappa shape index (κ1) is 15.9. The topological polar surface area (TPSA) is 41.5 Å². The van der Waals surface area contributed by atoms with Crippen LogP contribution >= 0.6 is 0 Å². The number of nitrogens with one attached hydrogen (secondary N) is 1. The molecule has 0 spiro atoms. The van der Waals surface area contributed by atoms with Gasteiger partial charge in [0.25, 0.3) is 0 Å². The molecule has 0 aliphatic carbocycles. The Kier molecular flexibility index (Phi) is 4.93. The van der Waals surface area contributed by atoms with E-state index in [1.165, 1.54) is 12.1 Å². The van der Waals surface area contributed by atoms with Crippen molar-refractivity contribution in [2.45, 2.75) is 38.7 Å². The van der Waals surface area contributed by atoms with Crippen molar-refractivity contribution >= 4 is 0 Å². The molecular formula is C15H24FNO2. The quantitative estimate of drug-likeness (QED) is 0.833. The molecule has 0 aromatic heterocycles. The Morgan fingerprint density at radius 1 is 1.21 bits per heavy atom. The second-order valence-corrected chi connectivity index (χ2v) is 6.14. The van der Waals surface area contributed by atoms with Gasteiger partial charge in [-0.05, 0) is 32.0 Å². The first-order chi connectivity index (χ1) is 8.65. The lowest BCUT2D eigenvalue weighted by Crippen LogP contribution is -2.41. The second-order valence-electron chi connectivity index (χ2n) is 6.14. The van der Waals surface area contributed by atoms with Crippen LogP contribution in [0.5, 0.6) is 5.75 Å². The fourth-order valence-electron chi connectivity index (χ4n) is 1.99. The van der Waals surface area contributed by atoms with Crippen LogP contribution in [0.3, 0.4) is 0 Å². The van der Waals surface area contributed by atoms with E-state index in [4.69, 9.17) is 4.74 Å². The number of methoxy groups -OCH3 is 1. The fourth-order valence-corrected chi connectivity index (χ4v) is 1.99. The minimum atomic E-state index is -0.762. The van der Waals surface area contributed by atoms with E-state index < -0.39 is 5.60 Å². The van der Waals surface area contributed by atoms with E-state index >= 15 is 0 Å². The molecule has 3 nitrogen and oxygen atoms in total. The summed E-state index contributed by atoms with van der Waals surface area (Å²) in [6, 6.07) is 4.54. The Labute approximate surface area is 114 Å². The SMILES string of the molecule is COc1ccc(F)cc1C(C)(C)CNCC(C)(C)O. The van der Waals surface area contributed by atoms with Gasteiger partial charge in [0.2, 0.25) is 0 Å². The molecular weight excluding hydrogens is 245 g/mol. The van der Waals surface area contributed by atoms with Crippen molar-refractivity contribution in [3.05, 3.63) is 29.6 Å². The molecule has 19 heavy (non-hydrogen) atoms. The van der Waals surface area contributed by atoms with Crippen LogP contribution < -0.4 is 10.1 Å². The van der Waals surface area contributed by atoms with Crippen molar-refractivity contribution in [2.24, 2.45) is 0 Å². The number of hydrogen-bond donors (Lipinski definition) is 2. The van der Waals surface area contributed by atoms with Crippen LogP contribution in [0.25, 0.3) is 0 Å². The van der Waals surface area contributed by atoms with Crippen LogP contribution in [0, 0.1) is 5.82 Å². The van der Waals surface area contributed by atoms with Gasteiger partial charge in [0.15, 0.2) is 0 Å². The standard InChI is InChI=1S/C15H24FNO2/c1-14(2,9-17-10-15(3,4)18)12-8-11(16)6-7-13(12)19-5/h6-8,17-18H,9-10H2,1-5H3. The summed E-state index contributed by atoms with van der Waals surface area (Å²) in [6.45, 7) is 8.62. The van der Waals surface area contributed by atoms with E-state index in [2.05, 4.69) is 5.32 Å². The van der Waals surface area contributed by atoms with Crippen LogP contribution in [-0.4, -0.2) is 30.9 Å². The van der Waals surface area contributed by atoms with E-state index in [1.54, 1.807) is 27.0 Å². The normalized spacial score (nSPS) is 12.6. The van der Waals surface area contributed by atoms with Gasteiger partial charge < -0.3 is 15.2 Å². The van der Waals surface area contributed by atoms with Crippen LogP contribution in [0.2, 0.25) is 0 Å². The molecule has 108 valence electrons. The predicted molar refractivity (Wildman–Crippen MR) is 75.1 cm³/mol. The molecule has 0 saturated carbocycles. The second kappa shape index (κ2) is 5.88. The van der Waals surface area contributed by atoms with Gasteiger partial charge in [0.1, 0.15) is 11.6 Å². The summed E-state index contributed by atoms with van der Waals surface area (Å²) in [5, 5.41) is 12.9. The third-order valence-electron chi connectivity index (χ3n) is 3.02. The van der Waals surface area contributed by atoms with Gasteiger partial charge in [-0.1, -0.05) is 13.8 Å². The zero-order valence-electron chi connectivity index (χ0n) is 12.4. The van der Waals surface area contributed by atoms with E-state index in [0.29, 0.717) is 18.8 Å². The van der Waals surface area contributed by atoms with E-state index in [0.717, 1.165) is 5.56 Å². The lowest BCUT2D eigenvalue weighted by atomic mass is 9.83. The predicted octanol–water partition coefficient (Wildman–Crippen LogP) is 2.47. The summed E-state index contributed by atoms with van der Waals surface area (Å²) in [5.74, 6) is 0.405. The van der Waals surface area contributed by atoms with Gasteiger partial charge in [0, 0.05) is 24.1 Å². The molecule has 1 aromatic carbocycles. The molecule has 0 fully saturated rings. The average molecular weight is 269 g/mol. The first-order valence-corrected chi connectivity index (χ1v) is 6.43. The Morgan fingerprint density at radius 3 is 2.37 bits per heavy atom. The van der Waals surface area contributed by atoms with Crippen LogP contribution in [0.4, 0.5) is 4.39 Å². The molecule has 0 amide bonds. The number of rotatable bonds is 6. The molecule has 0 radical (unpaired) electrons. The van der Waals surface area contributed by atoms with Crippen molar-refractivity contribution < 1.29 is 14.2 Å². The zero-order chi connectivity index (χ0) is 14.7. The lowest BCUT2D eigenvalue weighted by Gasteiger charge is -2.29. The van der Waals surface area contributed by atoms with Crippen molar-refractivity contribution in [1.82, 2.24) is 5.32 Å². The van der Waals surface area contributed by atoms with Gasteiger partial charge in [0.05, 0.1) is 12.7 Å². The summed E-state index contributed by atoms with van der Waals surface area (Å²) < 4.78 is 18.7. The molecule has 0 aliphatic rings. The highest BCUT2D eigenvalue weighted by Gasteiger charge is 2.25. The molecule has 0 unspecified atom stereocenters. The number of ether oxygens (including phenoxy) is 1. The van der Waals surface area contributed by atoms with Crippen molar-refractivity contribution in [2.75, 3.05) is 20.2 Å². The Hall–Kier alpha value is -1.13. The fraction of sp³-hybridized carbons (Fsp3) is 0.600. The van der Waals surface area contributed by atoms with E-state index in [-0.39, 0.29) is 11.2 Å². The van der Waals surface area contributed by atoms with Gasteiger partial charge in [-0.15, -0.1) is 0 Å². The highest BCUT2D eigenvalue weighted by atomic mass is 19.1. The lowest BCUT2D eigenvalue weighted by molar-refractivity contribution is 0.0785. The number of benzene rings is 1. The summed E-state index contributed by atoms with van der Waals surface area (Å²) in [5.41, 5.74) is -0.237. The zero-order valence-corrected chi connectivity index (χ0v) is 12.4. The summed E-state index contributed by atoms with van der Waals surface area (Å²) >= 11 is 0. The largest absolute Gasteiger partial charge is 0.496 e. The summed E-state index contributed by atoms with van der Waals surface area (Å²) in [4.78, 5) is 0. The molecule has 1 rings (SSSR count). The van der Waals surface area contributed by atoms with Gasteiger partial charge in [-0.2, -0.15) is 0 Å². The van der Waals surface area contributed by atoms with Crippen LogP contribution in [-0.2, 0) is 5.41 Å². The molecule has 0 heterocycles.